The van der Waals surface area contributed by atoms with Gasteiger partial charge in [0.25, 0.3) is 5.91 Å². The number of aromatic nitrogens is 2. The molecule has 0 radical (unpaired) electrons. The van der Waals surface area contributed by atoms with Crippen LogP contribution in [0.25, 0.3) is 0 Å². The summed E-state index contributed by atoms with van der Waals surface area (Å²) in [7, 11) is 0. The van der Waals surface area contributed by atoms with Gasteiger partial charge in [0.15, 0.2) is 0 Å². The molecular formula is C19H16F2N4O. The van der Waals surface area contributed by atoms with E-state index in [1.54, 1.807) is 0 Å². The van der Waals surface area contributed by atoms with Crippen LogP contribution in [0.15, 0.2) is 48.7 Å². The number of anilines is 3. The summed E-state index contributed by atoms with van der Waals surface area (Å²) in [6.07, 6.45) is 1.43. The molecule has 0 bridgehead atoms. The molecule has 132 valence electrons. The molecule has 0 aliphatic carbocycles. The predicted molar refractivity (Wildman–Crippen MR) is 95.5 cm³/mol. The summed E-state index contributed by atoms with van der Waals surface area (Å²) in [6, 6.07) is 10.1. The standard InChI is InChI=1S/C19H16F2N4O/c1-11-4-3-5-15(12(11)2)24-19-22-9-8-17(25-19)18(26)23-16-7-6-13(20)10-14(16)21/h3-10H,1-2H3,(H,23,26)(H,22,24,25). The molecule has 0 aliphatic rings. The predicted octanol–water partition coefficient (Wildman–Crippen LogP) is 4.37. The van der Waals surface area contributed by atoms with Gasteiger partial charge in [-0.15, -0.1) is 0 Å². The number of rotatable bonds is 4. The van der Waals surface area contributed by atoms with Crippen molar-refractivity contribution in [3.63, 3.8) is 0 Å². The molecule has 2 N–H and O–H groups in total. The largest absolute Gasteiger partial charge is 0.324 e. The van der Waals surface area contributed by atoms with Crippen molar-refractivity contribution in [1.29, 1.82) is 0 Å². The molecule has 1 aromatic heterocycles. The van der Waals surface area contributed by atoms with Crippen molar-refractivity contribution in [2.45, 2.75) is 13.8 Å². The van der Waals surface area contributed by atoms with Crippen molar-refractivity contribution in [2.24, 2.45) is 0 Å². The van der Waals surface area contributed by atoms with Crippen LogP contribution in [-0.2, 0) is 0 Å². The molecule has 1 heterocycles. The molecule has 0 spiro atoms. The fraction of sp³-hybridized carbons (Fsp3) is 0.105. The summed E-state index contributed by atoms with van der Waals surface area (Å²) in [6.45, 7) is 3.95. The lowest BCUT2D eigenvalue weighted by Crippen LogP contribution is -2.15. The second-order valence-electron chi connectivity index (χ2n) is 5.72. The third-order valence-corrected chi connectivity index (χ3v) is 3.92. The number of hydrogen-bond acceptors (Lipinski definition) is 4. The topological polar surface area (TPSA) is 66.9 Å². The Morgan fingerprint density at radius 2 is 1.85 bits per heavy atom. The van der Waals surface area contributed by atoms with Crippen LogP contribution in [0, 0.1) is 25.5 Å². The number of carbonyl (C=O) groups excluding carboxylic acids is 1. The van der Waals surface area contributed by atoms with Gasteiger partial charge in [0.05, 0.1) is 5.69 Å². The highest BCUT2D eigenvalue weighted by Crippen LogP contribution is 2.21. The van der Waals surface area contributed by atoms with E-state index in [-0.39, 0.29) is 17.3 Å². The summed E-state index contributed by atoms with van der Waals surface area (Å²) < 4.78 is 26.6. The fourth-order valence-electron chi connectivity index (χ4n) is 2.33. The quantitative estimate of drug-likeness (QED) is 0.730. The lowest BCUT2D eigenvalue weighted by Gasteiger charge is -2.11. The molecule has 5 nitrogen and oxygen atoms in total. The maximum Gasteiger partial charge on any atom is 0.274 e. The minimum Gasteiger partial charge on any atom is -0.324 e. The van der Waals surface area contributed by atoms with Crippen LogP contribution in [0.4, 0.5) is 26.1 Å². The maximum absolute atomic E-state index is 13.7. The average molecular weight is 354 g/mol. The fourth-order valence-corrected chi connectivity index (χ4v) is 2.33. The summed E-state index contributed by atoms with van der Waals surface area (Å²) in [5.74, 6) is -1.96. The Morgan fingerprint density at radius 1 is 1.04 bits per heavy atom. The number of hydrogen-bond donors (Lipinski definition) is 2. The summed E-state index contributed by atoms with van der Waals surface area (Å²) in [5, 5.41) is 5.43. The van der Waals surface area contributed by atoms with E-state index in [9.17, 15) is 13.6 Å². The van der Waals surface area contributed by atoms with Crippen LogP contribution >= 0.6 is 0 Å². The van der Waals surface area contributed by atoms with Gasteiger partial charge in [-0.2, -0.15) is 0 Å². The molecule has 0 saturated carbocycles. The van der Waals surface area contributed by atoms with E-state index in [1.165, 1.54) is 12.3 Å². The second kappa shape index (κ2) is 7.26. The Hall–Kier alpha value is -3.35. The number of amides is 1. The van der Waals surface area contributed by atoms with Crippen LogP contribution in [0.3, 0.4) is 0 Å². The molecule has 26 heavy (non-hydrogen) atoms. The lowest BCUT2D eigenvalue weighted by atomic mass is 10.1. The third kappa shape index (κ3) is 3.83. The van der Waals surface area contributed by atoms with E-state index in [0.717, 1.165) is 28.9 Å². The zero-order valence-electron chi connectivity index (χ0n) is 14.2. The van der Waals surface area contributed by atoms with Gasteiger partial charge < -0.3 is 10.6 Å². The molecular weight excluding hydrogens is 338 g/mol. The number of carbonyl (C=O) groups is 1. The van der Waals surface area contributed by atoms with E-state index in [1.807, 2.05) is 32.0 Å². The van der Waals surface area contributed by atoms with Crippen molar-refractivity contribution in [1.82, 2.24) is 9.97 Å². The Kier molecular flexibility index (Phi) is 4.88. The number of aryl methyl sites for hydroxylation is 1. The van der Waals surface area contributed by atoms with Gasteiger partial charge in [-0.1, -0.05) is 12.1 Å². The molecule has 3 rings (SSSR count). The van der Waals surface area contributed by atoms with Crippen LogP contribution in [0.1, 0.15) is 21.6 Å². The van der Waals surface area contributed by atoms with Crippen molar-refractivity contribution >= 4 is 23.2 Å². The van der Waals surface area contributed by atoms with Crippen molar-refractivity contribution < 1.29 is 13.6 Å². The number of halogens is 2. The van der Waals surface area contributed by atoms with Gasteiger partial charge in [0.1, 0.15) is 17.3 Å². The van der Waals surface area contributed by atoms with Gasteiger partial charge in [0, 0.05) is 18.0 Å². The van der Waals surface area contributed by atoms with E-state index in [2.05, 4.69) is 20.6 Å². The molecule has 3 aromatic rings. The lowest BCUT2D eigenvalue weighted by molar-refractivity contribution is 0.102. The van der Waals surface area contributed by atoms with Crippen LogP contribution in [0.2, 0.25) is 0 Å². The second-order valence-corrected chi connectivity index (χ2v) is 5.72. The van der Waals surface area contributed by atoms with E-state index in [4.69, 9.17) is 0 Å². The van der Waals surface area contributed by atoms with Gasteiger partial charge in [-0.3, -0.25) is 4.79 Å². The Morgan fingerprint density at radius 3 is 2.62 bits per heavy atom. The summed E-state index contributed by atoms with van der Waals surface area (Å²) in [4.78, 5) is 20.5. The zero-order valence-corrected chi connectivity index (χ0v) is 14.2. The highest BCUT2D eigenvalue weighted by molar-refractivity contribution is 6.03. The van der Waals surface area contributed by atoms with Gasteiger partial charge >= 0.3 is 0 Å². The molecule has 0 unspecified atom stereocenters. The normalized spacial score (nSPS) is 10.5. The van der Waals surface area contributed by atoms with Crippen LogP contribution < -0.4 is 10.6 Å². The number of benzene rings is 2. The molecule has 0 aliphatic heterocycles. The minimum atomic E-state index is -0.860. The van der Waals surface area contributed by atoms with E-state index < -0.39 is 17.5 Å². The molecule has 1 amide bonds. The smallest absolute Gasteiger partial charge is 0.274 e. The maximum atomic E-state index is 13.7. The highest BCUT2D eigenvalue weighted by Gasteiger charge is 2.13. The Labute approximate surface area is 149 Å². The van der Waals surface area contributed by atoms with E-state index in [0.29, 0.717) is 6.07 Å². The minimum absolute atomic E-state index is 0.0523. The molecule has 7 heteroatoms. The van der Waals surface area contributed by atoms with Crippen molar-refractivity contribution in [2.75, 3.05) is 10.6 Å². The first-order chi connectivity index (χ1) is 12.4. The molecule has 0 atom stereocenters. The first-order valence-electron chi connectivity index (χ1n) is 7.87. The summed E-state index contributed by atoms with van der Waals surface area (Å²) >= 11 is 0. The SMILES string of the molecule is Cc1cccc(Nc2nccc(C(=O)Nc3ccc(F)cc3F)n2)c1C. The van der Waals surface area contributed by atoms with Gasteiger partial charge in [-0.05, 0) is 49.2 Å². The third-order valence-electron chi connectivity index (χ3n) is 3.92. The Balaban J connectivity index is 1.80. The van der Waals surface area contributed by atoms with Gasteiger partial charge in [0.2, 0.25) is 5.95 Å². The molecule has 2 aromatic carbocycles. The molecule has 0 saturated heterocycles. The molecule has 0 fully saturated rings. The first kappa shape index (κ1) is 17.5. The number of nitrogens with one attached hydrogen (secondary N) is 2. The van der Waals surface area contributed by atoms with Gasteiger partial charge in [-0.25, -0.2) is 18.7 Å². The number of nitrogens with zero attached hydrogens (tertiary/aromatic N) is 2. The monoisotopic (exact) mass is 354 g/mol. The Bertz CT molecular complexity index is 976. The summed E-state index contributed by atoms with van der Waals surface area (Å²) in [5.41, 5.74) is 2.90. The first-order valence-corrected chi connectivity index (χ1v) is 7.87. The average Bonchev–Trinajstić information content (AvgIpc) is 2.61. The van der Waals surface area contributed by atoms with Crippen LogP contribution in [0.5, 0.6) is 0 Å². The van der Waals surface area contributed by atoms with Crippen LogP contribution in [-0.4, -0.2) is 15.9 Å². The van der Waals surface area contributed by atoms with Crippen molar-refractivity contribution in [3.05, 3.63) is 77.1 Å². The highest BCUT2D eigenvalue weighted by atomic mass is 19.1. The van der Waals surface area contributed by atoms with E-state index >= 15 is 0 Å². The zero-order chi connectivity index (χ0) is 18.7. The van der Waals surface area contributed by atoms with Crippen molar-refractivity contribution in [3.8, 4) is 0 Å².